The summed E-state index contributed by atoms with van der Waals surface area (Å²) < 4.78 is 11.0. The molecule has 5 heteroatoms. The molecule has 0 saturated carbocycles. The van der Waals surface area contributed by atoms with Crippen LogP contribution in [0.25, 0.3) is 0 Å². The Labute approximate surface area is 154 Å². The number of Topliss-reactive ketones (excluding diaryl/α,β-unsaturated/α-hetero) is 1. The van der Waals surface area contributed by atoms with Gasteiger partial charge in [0.25, 0.3) is 0 Å². The van der Waals surface area contributed by atoms with E-state index in [0.717, 1.165) is 23.4 Å². The molecule has 26 heavy (non-hydrogen) atoms. The summed E-state index contributed by atoms with van der Waals surface area (Å²) in [6, 6.07) is 7.88. The Morgan fingerprint density at radius 2 is 1.96 bits per heavy atom. The van der Waals surface area contributed by atoms with E-state index in [4.69, 9.17) is 9.47 Å². The molecular weight excluding hydrogens is 328 g/mol. The topological polar surface area (TPSA) is 71.3 Å². The van der Waals surface area contributed by atoms with E-state index in [1.54, 1.807) is 14.2 Å². The van der Waals surface area contributed by atoms with Crippen molar-refractivity contribution in [2.75, 3.05) is 14.2 Å². The summed E-state index contributed by atoms with van der Waals surface area (Å²) in [6.07, 6.45) is 1.24. The van der Waals surface area contributed by atoms with Gasteiger partial charge in [0.15, 0.2) is 17.3 Å². The maximum Gasteiger partial charge on any atom is 0.164 e. The number of nitrogens with one attached hydrogen (secondary N) is 1. The van der Waals surface area contributed by atoms with Gasteiger partial charge in [0, 0.05) is 29.0 Å². The Morgan fingerprint density at radius 1 is 1.23 bits per heavy atom. The lowest BCUT2D eigenvalue weighted by atomic mass is 9.68. The maximum atomic E-state index is 13.0. The largest absolute Gasteiger partial charge is 0.493 e. The van der Waals surface area contributed by atoms with E-state index in [1.807, 2.05) is 25.1 Å². The molecule has 1 atom stereocenters. The van der Waals surface area contributed by atoms with Gasteiger partial charge in [-0.05, 0) is 24.8 Å². The fraction of sp³-hybridized carbons (Fsp3) is 0.429. The van der Waals surface area contributed by atoms with Gasteiger partial charge in [-0.25, -0.2) is 0 Å². The molecule has 0 aromatic heterocycles. The highest BCUT2D eigenvalue weighted by Gasteiger charge is 2.42. The number of ketones is 1. The van der Waals surface area contributed by atoms with Gasteiger partial charge in [0.2, 0.25) is 0 Å². The van der Waals surface area contributed by atoms with Crippen molar-refractivity contribution < 1.29 is 14.3 Å². The highest BCUT2D eigenvalue weighted by atomic mass is 16.5. The van der Waals surface area contributed by atoms with E-state index in [0.29, 0.717) is 29.1 Å². The molecule has 0 fully saturated rings. The molecule has 2 aliphatic rings. The summed E-state index contributed by atoms with van der Waals surface area (Å²) in [5.74, 6) is 0.792. The number of rotatable bonds is 3. The highest BCUT2D eigenvalue weighted by Crippen LogP contribution is 2.49. The number of carbonyl (C=O) groups excluding carboxylic acids is 1. The zero-order valence-corrected chi connectivity index (χ0v) is 15.9. The van der Waals surface area contributed by atoms with E-state index >= 15 is 0 Å². The number of benzene rings is 1. The van der Waals surface area contributed by atoms with Crippen LogP contribution in [0.1, 0.15) is 45.1 Å². The van der Waals surface area contributed by atoms with Gasteiger partial charge in [-0.3, -0.25) is 4.79 Å². The summed E-state index contributed by atoms with van der Waals surface area (Å²) in [4.78, 5) is 13.0. The lowest BCUT2D eigenvalue weighted by Gasteiger charge is -2.39. The third kappa shape index (κ3) is 2.86. The van der Waals surface area contributed by atoms with Crippen LogP contribution in [0.15, 0.2) is 40.7 Å². The number of nitriles is 1. The molecule has 1 unspecified atom stereocenters. The fourth-order valence-electron chi connectivity index (χ4n) is 4.03. The first-order valence-electron chi connectivity index (χ1n) is 8.68. The molecule has 0 bridgehead atoms. The Hall–Kier alpha value is -2.74. The number of hydrogen-bond donors (Lipinski definition) is 1. The summed E-state index contributed by atoms with van der Waals surface area (Å²) in [7, 11) is 3.15. The molecule has 0 spiro atoms. The molecule has 1 N–H and O–H groups in total. The number of ether oxygens (including phenoxy) is 2. The molecule has 1 heterocycles. The van der Waals surface area contributed by atoms with E-state index in [2.05, 4.69) is 25.2 Å². The van der Waals surface area contributed by atoms with Gasteiger partial charge in [0.05, 0.1) is 31.8 Å². The minimum absolute atomic E-state index is 0.0823. The van der Waals surface area contributed by atoms with Crippen molar-refractivity contribution in [2.45, 2.75) is 39.5 Å². The molecule has 0 radical (unpaired) electrons. The van der Waals surface area contributed by atoms with Crippen LogP contribution in [0.3, 0.4) is 0 Å². The van der Waals surface area contributed by atoms with E-state index < -0.39 is 5.92 Å². The summed E-state index contributed by atoms with van der Waals surface area (Å²) in [5, 5.41) is 13.1. The van der Waals surface area contributed by atoms with Crippen LogP contribution in [-0.2, 0) is 4.79 Å². The van der Waals surface area contributed by atoms with Crippen LogP contribution < -0.4 is 14.8 Å². The first-order valence-corrected chi connectivity index (χ1v) is 8.68. The number of nitrogens with zero attached hydrogens (tertiary/aromatic N) is 1. The zero-order chi connectivity index (χ0) is 19.1. The van der Waals surface area contributed by atoms with Gasteiger partial charge in [-0.2, -0.15) is 5.26 Å². The van der Waals surface area contributed by atoms with Crippen molar-refractivity contribution in [3.8, 4) is 17.6 Å². The number of para-hydroxylation sites is 1. The van der Waals surface area contributed by atoms with Crippen molar-refractivity contribution in [3.63, 3.8) is 0 Å². The van der Waals surface area contributed by atoms with Gasteiger partial charge in [-0.1, -0.05) is 26.0 Å². The molecule has 1 aliphatic carbocycles. The Bertz CT molecular complexity index is 872. The van der Waals surface area contributed by atoms with Crippen molar-refractivity contribution in [1.82, 2.24) is 5.32 Å². The third-order valence-corrected chi connectivity index (χ3v) is 5.10. The second-order valence-electron chi connectivity index (χ2n) is 7.62. The highest BCUT2D eigenvalue weighted by molar-refractivity contribution is 6.00. The standard InChI is InChI=1S/C21H24N2O3/c1-12-14(11-22)18(13-7-6-8-17(25-4)20(13)26-5)19-15(23-12)9-21(2,3)10-16(19)24/h6-8,18,23H,9-10H2,1-5H3. The summed E-state index contributed by atoms with van der Waals surface area (Å²) in [6.45, 7) is 6.07. The predicted octanol–water partition coefficient (Wildman–Crippen LogP) is 3.83. The molecule has 1 aromatic rings. The molecule has 1 aromatic carbocycles. The van der Waals surface area contributed by atoms with Crippen LogP contribution in [0, 0.1) is 16.7 Å². The van der Waals surface area contributed by atoms with Crippen LogP contribution in [0.4, 0.5) is 0 Å². The summed E-state index contributed by atoms with van der Waals surface area (Å²) >= 11 is 0. The molecular formula is C21H24N2O3. The average Bonchev–Trinajstić information content (AvgIpc) is 2.58. The first-order chi connectivity index (χ1) is 12.3. The van der Waals surface area contributed by atoms with Crippen molar-refractivity contribution in [3.05, 3.63) is 46.3 Å². The smallest absolute Gasteiger partial charge is 0.164 e. The number of methoxy groups -OCH3 is 2. The van der Waals surface area contributed by atoms with E-state index in [-0.39, 0.29) is 11.2 Å². The van der Waals surface area contributed by atoms with E-state index in [9.17, 15) is 10.1 Å². The molecule has 1 aliphatic heterocycles. The Kier molecular flexibility index (Phi) is 4.53. The monoisotopic (exact) mass is 352 g/mol. The number of hydrogen-bond acceptors (Lipinski definition) is 5. The lowest BCUT2D eigenvalue weighted by molar-refractivity contribution is -0.118. The van der Waals surface area contributed by atoms with Gasteiger partial charge < -0.3 is 14.8 Å². The Balaban J connectivity index is 2.26. The molecule has 136 valence electrons. The fourth-order valence-corrected chi connectivity index (χ4v) is 4.03. The van der Waals surface area contributed by atoms with Crippen molar-refractivity contribution in [2.24, 2.45) is 5.41 Å². The normalized spacial score (nSPS) is 21.7. The summed E-state index contributed by atoms with van der Waals surface area (Å²) in [5.41, 5.74) is 3.60. The SMILES string of the molecule is COc1cccc(C2C(C#N)=C(C)NC3=C2C(=O)CC(C)(C)C3)c1OC. The number of dihydropyridines is 1. The second kappa shape index (κ2) is 6.53. The van der Waals surface area contributed by atoms with Crippen LogP contribution in [-0.4, -0.2) is 20.0 Å². The minimum Gasteiger partial charge on any atom is -0.493 e. The zero-order valence-electron chi connectivity index (χ0n) is 15.9. The third-order valence-electron chi connectivity index (χ3n) is 5.10. The second-order valence-corrected chi connectivity index (χ2v) is 7.62. The van der Waals surface area contributed by atoms with Gasteiger partial charge in [0.1, 0.15) is 0 Å². The van der Waals surface area contributed by atoms with E-state index in [1.165, 1.54) is 0 Å². The van der Waals surface area contributed by atoms with Gasteiger partial charge in [-0.15, -0.1) is 0 Å². The van der Waals surface area contributed by atoms with Crippen molar-refractivity contribution >= 4 is 5.78 Å². The van der Waals surface area contributed by atoms with Crippen molar-refractivity contribution in [1.29, 1.82) is 5.26 Å². The predicted molar refractivity (Wildman–Crippen MR) is 98.8 cm³/mol. The van der Waals surface area contributed by atoms with Crippen LogP contribution in [0.2, 0.25) is 0 Å². The van der Waals surface area contributed by atoms with Gasteiger partial charge >= 0.3 is 0 Å². The average molecular weight is 352 g/mol. The lowest BCUT2D eigenvalue weighted by Crippen LogP contribution is -2.37. The maximum absolute atomic E-state index is 13.0. The molecule has 3 rings (SSSR count). The quantitative estimate of drug-likeness (QED) is 0.895. The van der Waals surface area contributed by atoms with Crippen LogP contribution in [0.5, 0.6) is 11.5 Å². The number of carbonyl (C=O) groups is 1. The number of allylic oxidation sites excluding steroid dienone is 4. The first kappa shape index (κ1) is 18.1. The molecule has 0 saturated heterocycles. The van der Waals surface area contributed by atoms with Crippen LogP contribution >= 0.6 is 0 Å². The molecule has 5 nitrogen and oxygen atoms in total. The molecule has 0 amide bonds. The Morgan fingerprint density at radius 3 is 2.58 bits per heavy atom. The minimum atomic E-state index is -0.440.